The fourth-order valence-electron chi connectivity index (χ4n) is 2.55. The number of carbonyl (C=O) groups is 1. The van der Waals surface area contributed by atoms with Crippen molar-refractivity contribution < 1.29 is 14.6 Å². The van der Waals surface area contributed by atoms with E-state index in [2.05, 4.69) is 10.6 Å². The standard InChI is InChI=1S/C16H24N2O3/c1-12-16(20,8-10-21-12)11-18-15(19)14-6-4-3-5-13(14)7-9-17-2/h3-6,12,17,20H,7-11H2,1-2H3,(H,18,19). The number of carbonyl (C=O) groups excluding carboxylic acids is 1. The Morgan fingerprint density at radius 1 is 1.48 bits per heavy atom. The number of rotatable bonds is 6. The van der Waals surface area contributed by atoms with Crippen molar-refractivity contribution in [1.29, 1.82) is 0 Å². The summed E-state index contributed by atoms with van der Waals surface area (Å²) in [5, 5.41) is 16.3. The molecule has 1 heterocycles. The Hall–Kier alpha value is -1.43. The van der Waals surface area contributed by atoms with Gasteiger partial charge in [0, 0.05) is 25.1 Å². The van der Waals surface area contributed by atoms with Crippen LogP contribution in [-0.2, 0) is 11.2 Å². The number of amides is 1. The number of nitrogens with one attached hydrogen (secondary N) is 2. The van der Waals surface area contributed by atoms with Gasteiger partial charge in [0.15, 0.2) is 0 Å². The molecule has 2 rings (SSSR count). The summed E-state index contributed by atoms with van der Waals surface area (Å²) in [7, 11) is 1.89. The first-order valence-electron chi connectivity index (χ1n) is 7.41. The Balaban J connectivity index is 2.00. The Labute approximate surface area is 125 Å². The molecule has 2 atom stereocenters. The summed E-state index contributed by atoms with van der Waals surface area (Å²) in [5.74, 6) is -0.144. The highest BCUT2D eigenvalue weighted by molar-refractivity contribution is 5.95. The third-order valence-electron chi connectivity index (χ3n) is 4.12. The van der Waals surface area contributed by atoms with Crippen molar-refractivity contribution in [2.24, 2.45) is 0 Å². The molecule has 0 bridgehead atoms. The lowest BCUT2D eigenvalue weighted by molar-refractivity contribution is -0.0251. The number of hydrogen-bond donors (Lipinski definition) is 3. The van der Waals surface area contributed by atoms with Crippen LogP contribution in [0.4, 0.5) is 0 Å². The summed E-state index contributed by atoms with van der Waals surface area (Å²) in [6.45, 7) is 3.40. The number of aliphatic hydroxyl groups is 1. The second-order valence-electron chi connectivity index (χ2n) is 5.56. The van der Waals surface area contributed by atoms with E-state index in [1.807, 2.05) is 38.2 Å². The maximum absolute atomic E-state index is 12.4. The number of likely N-dealkylation sites (N-methyl/N-ethyl adjacent to an activating group) is 1. The Morgan fingerprint density at radius 2 is 2.24 bits per heavy atom. The summed E-state index contributed by atoms with van der Waals surface area (Å²) < 4.78 is 5.37. The normalized spacial score (nSPS) is 25.0. The highest BCUT2D eigenvalue weighted by atomic mass is 16.5. The van der Waals surface area contributed by atoms with Crippen LogP contribution in [-0.4, -0.2) is 49.5 Å². The van der Waals surface area contributed by atoms with E-state index in [4.69, 9.17) is 4.74 Å². The van der Waals surface area contributed by atoms with E-state index >= 15 is 0 Å². The van der Waals surface area contributed by atoms with Gasteiger partial charge in [-0.2, -0.15) is 0 Å². The summed E-state index contributed by atoms with van der Waals surface area (Å²) in [6.07, 6.45) is 1.09. The number of benzene rings is 1. The molecular formula is C16H24N2O3. The lowest BCUT2D eigenvalue weighted by Crippen LogP contribution is -2.47. The van der Waals surface area contributed by atoms with Gasteiger partial charge in [-0.3, -0.25) is 4.79 Å². The second-order valence-corrected chi connectivity index (χ2v) is 5.56. The van der Waals surface area contributed by atoms with Gasteiger partial charge in [-0.15, -0.1) is 0 Å². The molecule has 1 aliphatic heterocycles. The zero-order chi connectivity index (χ0) is 15.3. The minimum absolute atomic E-state index is 0.144. The molecule has 21 heavy (non-hydrogen) atoms. The van der Waals surface area contributed by atoms with Crippen molar-refractivity contribution in [1.82, 2.24) is 10.6 Å². The first-order valence-corrected chi connectivity index (χ1v) is 7.41. The molecule has 1 fully saturated rings. The predicted octanol–water partition coefficient (Wildman–Crippen LogP) is 0.718. The van der Waals surface area contributed by atoms with E-state index in [0.717, 1.165) is 18.5 Å². The molecule has 1 aromatic carbocycles. The summed E-state index contributed by atoms with van der Waals surface area (Å²) in [4.78, 5) is 12.4. The average Bonchev–Trinajstić information content (AvgIpc) is 2.83. The molecule has 1 aliphatic rings. The zero-order valence-corrected chi connectivity index (χ0v) is 12.7. The molecule has 5 nitrogen and oxygen atoms in total. The molecule has 0 radical (unpaired) electrons. The van der Waals surface area contributed by atoms with Gasteiger partial charge in [0.1, 0.15) is 5.60 Å². The van der Waals surface area contributed by atoms with E-state index in [1.54, 1.807) is 0 Å². The fraction of sp³-hybridized carbons (Fsp3) is 0.562. The molecule has 0 aliphatic carbocycles. The Kier molecular flexibility index (Phi) is 5.33. The molecule has 5 heteroatoms. The first kappa shape index (κ1) is 15.9. The second kappa shape index (κ2) is 7.02. The van der Waals surface area contributed by atoms with Gasteiger partial charge in [0.25, 0.3) is 5.91 Å². The van der Waals surface area contributed by atoms with Crippen LogP contribution in [0, 0.1) is 0 Å². The molecule has 1 saturated heterocycles. The highest BCUT2D eigenvalue weighted by Crippen LogP contribution is 2.24. The van der Waals surface area contributed by atoms with Gasteiger partial charge in [-0.05, 0) is 38.6 Å². The van der Waals surface area contributed by atoms with E-state index in [-0.39, 0.29) is 18.6 Å². The first-order chi connectivity index (χ1) is 10.1. The van der Waals surface area contributed by atoms with Crippen LogP contribution in [0.3, 0.4) is 0 Å². The zero-order valence-electron chi connectivity index (χ0n) is 12.7. The van der Waals surface area contributed by atoms with Crippen molar-refractivity contribution in [2.45, 2.75) is 31.5 Å². The van der Waals surface area contributed by atoms with Crippen molar-refractivity contribution >= 4 is 5.91 Å². The van der Waals surface area contributed by atoms with Crippen LogP contribution >= 0.6 is 0 Å². The van der Waals surface area contributed by atoms with E-state index in [0.29, 0.717) is 18.6 Å². The fourth-order valence-corrected chi connectivity index (χ4v) is 2.55. The predicted molar refractivity (Wildman–Crippen MR) is 81.4 cm³/mol. The minimum Gasteiger partial charge on any atom is -0.385 e. The maximum Gasteiger partial charge on any atom is 0.251 e. The largest absolute Gasteiger partial charge is 0.385 e. The van der Waals surface area contributed by atoms with Crippen LogP contribution < -0.4 is 10.6 Å². The molecule has 116 valence electrons. The molecular weight excluding hydrogens is 268 g/mol. The monoisotopic (exact) mass is 292 g/mol. The lowest BCUT2D eigenvalue weighted by atomic mass is 9.96. The number of ether oxygens (including phenoxy) is 1. The molecule has 3 N–H and O–H groups in total. The van der Waals surface area contributed by atoms with Gasteiger partial charge < -0.3 is 20.5 Å². The smallest absolute Gasteiger partial charge is 0.251 e. The van der Waals surface area contributed by atoms with Crippen LogP contribution in [0.2, 0.25) is 0 Å². The highest BCUT2D eigenvalue weighted by Gasteiger charge is 2.39. The summed E-state index contributed by atoms with van der Waals surface area (Å²) in [5.41, 5.74) is 0.713. The van der Waals surface area contributed by atoms with Crippen LogP contribution in [0.5, 0.6) is 0 Å². The van der Waals surface area contributed by atoms with Gasteiger partial charge >= 0.3 is 0 Å². The van der Waals surface area contributed by atoms with Crippen molar-refractivity contribution in [3.05, 3.63) is 35.4 Å². The van der Waals surface area contributed by atoms with Crippen molar-refractivity contribution in [2.75, 3.05) is 26.7 Å². The molecule has 0 spiro atoms. The van der Waals surface area contributed by atoms with Gasteiger partial charge in [-0.25, -0.2) is 0 Å². The van der Waals surface area contributed by atoms with Crippen molar-refractivity contribution in [3.8, 4) is 0 Å². The molecule has 1 amide bonds. The third-order valence-corrected chi connectivity index (χ3v) is 4.12. The molecule has 0 saturated carbocycles. The van der Waals surface area contributed by atoms with Crippen LogP contribution in [0.25, 0.3) is 0 Å². The Bertz CT molecular complexity index is 492. The van der Waals surface area contributed by atoms with E-state index in [9.17, 15) is 9.90 Å². The lowest BCUT2D eigenvalue weighted by Gasteiger charge is -2.26. The SMILES string of the molecule is CNCCc1ccccc1C(=O)NCC1(O)CCOC1C. The Morgan fingerprint density at radius 3 is 2.90 bits per heavy atom. The maximum atomic E-state index is 12.4. The quantitative estimate of drug-likeness (QED) is 0.722. The van der Waals surface area contributed by atoms with Gasteiger partial charge in [0.05, 0.1) is 6.10 Å². The summed E-state index contributed by atoms with van der Waals surface area (Å²) >= 11 is 0. The van der Waals surface area contributed by atoms with Gasteiger partial charge in [0.2, 0.25) is 0 Å². The van der Waals surface area contributed by atoms with Gasteiger partial charge in [-0.1, -0.05) is 18.2 Å². The molecule has 2 unspecified atom stereocenters. The summed E-state index contributed by atoms with van der Waals surface area (Å²) in [6, 6.07) is 7.57. The van der Waals surface area contributed by atoms with E-state index < -0.39 is 5.60 Å². The minimum atomic E-state index is -0.963. The number of hydrogen-bond acceptors (Lipinski definition) is 4. The van der Waals surface area contributed by atoms with Crippen LogP contribution in [0.15, 0.2) is 24.3 Å². The molecule has 0 aromatic heterocycles. The van der Waals surface area contributed by atoms with E-state index in [1.165, 1.54) is 0 Å². The average molecular weight is 292 g/mol. The van der Waals surface area contributed by atoms with Crippen molar-refractivity contribution in [3.63, 3.8) is 0 Å². The van der Waals surface area contributed by atoms with Crippen LogP contribution in [0.1, 0.15) is 29.3 Å². The molecule has 1 aromatic rings. The third kappa shape index (κ3) is 3.81. The topological polar surface area (TPSA) is 70.6 Å².